The van der Waals surface area contributed by atoms with Gasteiger partial charge in [0.2, 0.25) is 0 Å². The SMILES string of the molecule is C=CC(C)C=CC(C)=CCC. The molecule has 0 aromatic heterocycles. The molecule has 0 saturated heterocycles. The van der Waals surface area contributed by atoms with Crippen LogP contribution in [0.1, 0.15) is 27.2 Å². The van der Waals surface area contributed by atoms with Gasteiger partial charge in [-0.3, -0.25) is 0 Å². The molecule has 62 valence electrons. The van der Waals surface area contributed by atoms with Gasteiger partial charge in [0.1, 0.15) is 0 Å². The maximum absolute atomic E-state index is 3.71. The van der Waals surface area contributed by atoms with Crippen molar-refractivity contribution in [2.45, 2.75) is 27.2 Å². The van der Waals surface area contributed by atoms with Gasteiger partial charge in [-0.2, -0.15) is 0 Å². The monoisotopic (exact) mass is 150 g/mol. The van der Waals surface area contributed by atoms with Crippen molar-refractivity contribution in [3.05, 3.63) is 36.5 Å². The fourth-order valence-corrected chi connectivity index (χ4v) is 0.772. The number of rotatable bonds is 4. The lowest BCUT2D eigenvalue weighted by atomic mass is 10.1. The van der Waals surface area contributed by atoms with Gasteiger partial charge in [0.25, 0.3) is 0 Å². The van der Waals surface area contributed by atoms with Crippen molar-refractivity contribution < 1.29 is 0 Å². The fraction of sp³-hybridized carbons (Fsp3) is 0.455. The minimum absolute atomic E-state index is 0.482. The Hall–Kier alpha value is -0.780. The summed E-state index contributed by atoms with van der Waals surface area (Å²) in [6.45, 7) is 10.1. The van der Waals surface area contributed by atoms with E-state index in [1.54, 1.807) is 0 Å². The van der Waals surface area contributed by atoms with E-state index < -0.39 is 0 Å². The van der Waals surface area contributed by atoms with Crippen molar-refractivity contribution >= 4 is 0 Å². The summed E-state index contributed by atoms with van der Waals surface area (Å²) in [7, 11) is 0. The van der Waals surface area contributed by atoms with Crippen LogP contribution in [0, 0.1) is 5.92 Å². The van der Waals surface area contributed by atoms with Gasteiger partial charge in [-0.15, -0.1) is 6.58 Å². The molecule has 0 bridgehead atoms. The van der Waals surface area contributed by atoms with E-state index in [9.17, 15) is 0 Å². The first kappa shape index (κ1) is 10.2. The van der Waals surface area contributed by atoms with Gasteiger partial charge in [-0.1, -0.05) is 43.7 Å². The standard InChI is InChI=1S/C11H18/c1-5-7-11(4)9-8-10(3)6-2/h6-10H,2,5H2,1,3-4H3. The minimum atomic E-state index is 0.482. The molecule has 0 aromatic rings. The molecule has 11 heavy (non-hydrogen) atoms. The Morgan fingerprint density at radius 2 is 2.18 bits per heavy atom. The lowest BCUT2D eigenvalue weighted by Crippen LogP contribution is -1.80. The molecule has 0 nitrogen and oxygen atoms in total. The van der Waals surface area contributed by atoms with Crippen molar-refractivity contribution in [2.75, 3.05) is 0 Å². The molecule has 1 unspecified atom stereocenters. The average molecular weight is 150 g/mol. The molecule has 0 heterocycles. The lowest BCUT2D eigenvalue weighted by Gasteiger charge is -1.95. The molecular formula is C11H18. The van der Waals surface area contributed by atoms with Gasteiger partial charge in [-0.25, -0.2) is 0 Å². The zero-order valence-corrected chi connectivity index (χ0v) is 7.80. The first-order valence-corrected chi connectivity index (χ1v) is 4.18. The largest absolute Gasteiger partial charge is 0.102 e. The summed E-state index contributed by atoms with van der Waals surface area (Å²) in [6, 6.07) is 0. The highest BCUT2D eigenvalue weighted by atomic mass is 13.9. The van der Waals surface area contributed by atoms with Crippen LogP contribution in [0.5, 0.6) is 0 Å². The summed E-state index contributed by atoms with van der Waals surface area (Å²) in [5.74, 6) is 0.482. The first-order chi connectivity index (χ1) is 5.20. The second kappa shape index (κ2) is 5.96. The molecule has 0 rings (SSSR count). The summed E-state index contributed by atoms with van der Waals surface area (Å²) in [6.07, 6.45) is 9.57. The Morgan fingerprint density at radius 3 is 2.64 bits per heavy atom. The summed E-state index contributed by atoms with van der Waals surface area (Å²) < 4.78 is 0. The van der Waals surface area contributed by atoms with E-state index in [1.807, 2.05) is 6.08 Å². The highest BCUT2D eigenvalue weighted by molar-refractivity contribution is 5.17. The maximum Gasteiger partial charge on any atom is -0.00813 e. The topological polar surface area (TPSA) is 0 Å². The highest BCUT2D eigenvalue weighted by Crippen LogP contribution is 2.02. The number of allylic oxidation sites excluding steroid dienone is 5. The third kappa shape index (κ3) is 5.65. The Labute approximate surface area is 70.3 Å². The first-order valence-electron chi connectivity index (χ1n) is 4.18. The molecule has 0 aliphatic carbocycles. The Balaban J connectivity index is 3.91. The van der Waals surface area contributed by atoms with E-state index in [0.717, 1.165) is 6.42 Å². The Morgan fingerprint density at radius 1 is 1.55 bits per heavy atom. The average Bonchev–Trinajstić information content (AvgIpc) is 2.01. The molecule has 0 aromatic carbocycles. The maximum atomic E-state index is 3.71. The van der Waals surface area contributed by atoms with Crippen LogP contribution in [-0.2, 0) is 0 Å². The van der Waals surface area contributed by atoms with Crippen molar-refractivity contribution in [2.24, 2.45) is 5.92 Å². The van der Waals surface area contributed by atoms with Crippen LogP contribution < -0.4 is 0 Å². The van der Waals surface area contributed by atoms with E-state index >= 15 is 0 Å². The Kier molecular flexibility index (Phi) is 5.54. The third-order valence-corrected chi connectivity index (χ3v) is 1.56. The van der Waals surface area contributed by atoms with Crippen LogP contribution in [0.3, 0.4) is 0 Å². The third-order valence-electron chi connectivity index (χ3n) is 1.56. The zero-order valence-electron chi connectivity index (χ0n) is 7.80. The van der Waals surface area contributed by atoms with Gasteiger partial charge in [0, 0.05) is 0 Å². The molecule has 0 aliphatic rings. The predicted molar refractivity (Wildman–Crippen MR) is 52.5 cm³/mol. The predicted octanol–water partition coefficient (Wildman–Crippen LogP) is 3.72. The summed E-state index contributed by atoms with van der Waals surface area (Å²) in [4.78, 5) is 0. The molecule has 0 spiro atoms. The summed E-state index contributed by atoms with van der Waals surface area (Å²) in [5, 5.41) is 0. The molecule has 1 atom stereocenters. The van der Waals surface area contributed by atoms with Crippen LogP contribution in [-0.4, -0.2) is 0 Å². The normalized spacial score (nSPS) is 15.4. The summed E-state index contributed by atoms with van der Waals surface area (Å²) in [5.41, 5.74) is 1.33. The quantitative estimate of drug-likeness (QED) is 0.423. The van der Waals surface area contributed by atoms with Gasteiger partial charge >= 0.3 is 0 Å². The molecule has 0 amide bonds. The van der Waals surface area contributed by atoms with Crippen LogP contribution in [0.4, 0.5) is 0 Å². The Bertz CT molecular complexity index is 161. The van der Waals surface area contributed by atoms with Crippen LogP contribution in [0.15, 0.2) is 36.5 Å². The molecular weight excluding hydrogens is 132 g/mol. The molecule has 0 fully saturated rings. The van der Waals surface area contributed by atoms with Crippen molar-refractivity contribution in [1.29, 1.82) is 0 Å². The van der Waals surface area contributed by atoms with E-state index in [2.05, 4.69) is 45.6 Å². The van der Waals surface area contributed by atoms with Gasteiger partial charge in [-0.05, 0) is 19.3 Å². The van der Waals surface area contributed by atoms with Crippen LogP contribution in [0.2, 0.25) is 0 Å². The minimum Gasteiger partial charge on any atom is -0.102 e. The van der Waals surface area contributed by atoms with E-state index in [-0.39, 0.29) is 0 Å². The highest BCUT2D eigenvalue weighted by Gasteiger charge is 1.86. The van der Waals surface area contributed by atoms with E-state index in [1.165, 1.54) is 5.57 Å². The van der Waals surface area contributed by atoms with Gasteiger partial charge < -0.3 is 0 Å². The molecule has 0 N–H and O–H groups in total. The van der Waals surface area contributed by atoms with Crippen LogP contribution >= 0.6 is 0 Å². The number of hydrogen-bond donors (Lipinski definition) is 0. The van der Waals surface area contributed by atoms with Gasteiger partial charge in [0.05, 0.1) is 0 Å². The lowest BCUT2D eigenvalue weighted by molar-refractivity contribution is 0.941. The zero-order chi connectivity index (χ0) is 8.69. The van der Waals surface area contributed by atoms with Gasteiger partial charge in [0.15, 0.2) is 0 Å². The van der Waals surface area contributed by atoms with E-state index in [0.29, 0.717) is 5.92 Å². The fourth-order valence-electron chi connectivity index (χ4n) is 0.772. The smallest absolute Gasteiger partial charge is 0.00813 e. The second-order valence-corrected chi connectivity index (χ2v) is 2.81. The molecule has 0 aliphatic heterocycles. The molecule has 0 heteroatoms. The van der Waals surface area contributed by atoms with Crippen molar-refractivity contribution in [3.8, 4) is 0 Å². The summed E-state index contributed by atoms with van der Waals surface area (Å²) >= 11 is 0. The molecule has 0 saturated carbocycles. The van der Waals surface area contributed by atoms with Crippen molar-refractivity contribution in [3.63, 3.8) is 0 Å². The van der Waals surface area contributed by atoms with Crippen molar-refractivity contribution in [1.82, 2.24) is 0 Å². The van der Waals surface area contributed by atoms with E-state index in [4.69, 9.17) is 0 Å². The number of hydrogen-bond acceptors (Lipinski definition) is 0. The molecule has 0 radical (unpaired) electrons. The van der Waals surface area contributed by atoms with Crippen LogP contribution in [0.25, 0.3) is 0 Å². The second-order valence-electron chi connectivity index (χ2n) is 2.81.